The molecule has 3 heterocycles. The number of carbonyl (C=O) groups is 1. The molecule has 0 unspecified atom stereocenters. The van der Waals surface area contributed by atoms with Crippen molar-refractivity contribution in [2.75, 3.05) is 18.4 Å². The molecule has 1 aliphatic heterocycles. The summed E-state index contributed by atoms with van der Waals surface area (Å²) in [7, 11) is 0. The van der Waals surface area contributed by atoms with Gasteiger partial charge in [0.1, 0.15) is 5.82 Å². The summed E-state index contributed by atoms with van der Waals surface area (Å²) in [5.74, 6) is 0.691. The van der Waals surface area contributed by atoms with Crippen molar-refractivity contribution in [1.82, 2.24) is 19.2 Å². The second-order valence-electron chi connectivity index (χ2n) is 7.19. The van der Waals surface area contributed by atoms with Gasteiger partial charge in [0.25, 0.3) is 0 Å². The quantitative estimate of drug-likeness (QED) is 0.774. The van der Waals surface area contributed by atoms with Crippen LogP contribution in [0.1, 0.15) is 29.9 Å². The first-order valence-corrected chi connectivity index (χ1v) is 9.34. The van der Waals surface area contributed by atoms with Crippen LogP contribution < -0.4 is 5.32 Å². The Labute approximate surface area is 159 Å². The van der Waals surface area contributed by atoms with Gasteiger partial charge in [-0.2, -0.15) is 5.10 Å². The van der Waals surface area contributed by atoms with Gasteiger partial charge in [-0.25, -0.2) is 4.68 Å². The molecular formula is C21H25N5O. The van der Waals surface area contributed by atoms with Crippen molar-refractivity contribution in [3.63, 3.8) is 0 Å². The number of nitrogens with one attached hydrogen (secondary N) is 1. The third kappa shape index (κ3) is 3.40. The van der Waals surface area contributed by atoms with Gasteiger partial charge >= 0.3 is 0 Å². The summed E-state index contributed by atoms with van der Waals surface area (Å²) in [4.78, 5) is 15.0. The van der Waals surface area contributed by atoms with Crippen LogP contribution >= 0.6 is 0 Å². The average Bonchev–Trinajstić information content (AvgIpc) is 3.25. The smallest absolute Gasteiger partial charge is 0.239 e. The minimum Gasteiger partial charge on any atom is -0.349 e. The predicted octanol–water partition coefficient (Wildman–Crippen LogP) is 3.31. The lowest BCUT2D eigenvalue weighted by Crippen LogP contribution is -2.41. The molecule has 1 amide bonds. The fourth-order valence-electron chi connectivity index (χ4n) is 3.78. The van der Waals surface area contributed by atoms with Gasteiger partial charge in [0.05, 0.1) is 17.9 Å². The van der Waals surface area contributed by atoms with Crippen LogP contribution in [0.25, 0.3) is 5.69 Å². The lowest BCUT2D eigenvalue weighted by atomic mass is 10.1. The molecule has 27 heavy (non-hydrogen) atoms. The van der Waals surface area contributed by atoms with Gasteiger partial charge in [-0.05, 0) is 44.5 Å². The second-order valence-corrected chi connectivity index (χ2v) is 7.19. The van der Waals surface area contributed by atoms with Gasteiger partial charge in [-0.15, -0.1) is 0 Å². The van der Waals surface area contributed by atoms with Crippen molar-refractivity contribution < 1.29 is 4.79 Å². The zero-order valence-corrected chi connectivity index (χ0v) is 16.0. The maximum Gasteiger partial charge on any atom is 0.239 e. The predicted molar refractivity (Wildman–Crippen MR) is 106 cm³/mol. The van der Waals surface area contributed by atoms with E-state index >= 15 is 0 Å². The summed E-state index contributed by atoms with van der Waals surface area (Å²) in [6.45, 7) is 8.28. The molecule has 0 aliphatic carbocycles. The van der Waals surface area contributed by atoms with Gasteiger partial charge in [0, 0.05) is 37.1 Å². The zero-order valence-electron chi connectivity index (χ0n) is 16.0. The Morgan fingerprint density at radius 2 is 2.00 bits per heavy atom. The first-order chi connectivity index (χ1) is 13.0. The molecule has 0 bridgehead atoms. The van der Waals surface area contributed by atoms with Gasteiger partial charge in [-0.3, -0.25) is 9.69 Å². The number of para-hydroxylation sites is 1. The van der Waals surface area contributed by atoms with Crippen LogP contribution in [0.2, 0.25) is 0 Å². The van der Waals surface area contributed by atoms with Crippen LogP contribution in [-0.2, 0) is 11.3 Å². The van der Waals surface area contributed by atoms with Crippen LogP contribution in [0.3, 0.4) is 0 Å². The third-order valence-electron chi connectivity index (χ3n) is 5.26. The number of carbonyl (C=O) groups excluding carboxylic acids is 1. The van der Waals surface area contributed by atoms with Crippen LogP contribution in [0.4, 0.5) is 5.82 Å². The fraction of sp³-hybridized carbons (Fsp3) is 0.333. The number of benzene rings is 1. The molecule has 1 N–H and O–H groups in total. The largest absolute Gasteiger partial charge is 0.349 e. The van der Waals surface area contributed by atoms with Crippen LogP contribution in [0.15, 0.2) is 48.7 Å². The lowest BCUT2D eigenvalue weighted by Gasteiger charge is -2.34. The fourth-order valence-corrected chi connectivity index (χ4v) is 3.78. The van der Waals surface area contributed by atoms with Crippen LogP contribution in [-0.4, -0.2) is 38.2 Å². The SMILES string of the molecule is Cc1cc(NC(=O)CN2CCn3cccc3[C@H]2C)n(-c2ccccc2C)n1. The molecule has 0 saturated heterocycles. The number of aromatic nitrogens is 3. The molecule has 4 rings (SSSR count). The Hall–Kier alpha value is -2.86. The van der Waals surface area contributed by atoms with Crippen molar-refractivity contribution in [3.05, 3.63) is 65.6 Å². The molecule has 6 heteroatoms. The number of hydrogen-bond acceptors (Lipinski definition) is 3. The van der Waals surface area contributed by atoms with Crippen molar-refractivity contribution in [3.8, 4) is 5.69 Å². The summed E-state index contributed by atoms with van der Waals surface area (Å²) < 4.78 is 4.07. The number of nitrogens with zero attached hydrogens (tertiary/aromatic N) is 4. The summed E-state index contributed by atoms with van der Waals surface area (Å²) in [5.41, 5.74) is 4.22. The minimum absolute atomic E-state index is 0.0170. The van der Waals surface area contributed by atoms with Crippen LogP contribution in [0, 0.1) is 13.8 Å². The van der Waals surface area contributed by atoms with Gasteiger partial charge in [-0.1, -0.05) is 18.2 Å². The van der Waals surface area contributed by atoms with Crippen LogP contribution in [0.5, 0.6) is 0 Å². The van der Waals surface area contributed by atoms with E-state index in [-0.39, 0.29) is 11.9 Å². The summed E-state index contributed by atoms with van der Waals surface area (Å²) in [6, 6.07) is 14.4. The highest BCUT2D eigenvalue weighted by molar-refractivity contribution is 5.91. The van der Waals surface area contributed by atoms with Gasteiger partial charge < -0.3 is 9.88 Å². The lowest BCUT2D eigenvalue weighted by molar-refractivity contribution is -0.118. The molecule has 1 aliphatic rings. The number of aryl methyl sites for hydroxylation is 2. The Balaban J connectivity index is 1.50. The molecule has 1 atom stereocenters. The molecule has 0 radical (unpaired) electrons. The second kappa shape index (κ2) is 7.04. The molecule has 1 aromatic carbocycles. The molecule has 6 nitrogen and oxygen atoms in total. The molecule has 0 spiro atoms. The van der Waals surface area contributed by atoms with E-state index in [0.29, 0.717) is 12.4 Å². The maximum atomic E-state index is 12.8. The highest BCUT2D eigenvalue weighted by Crippen LogP contribution is 2.25. The Bertz CT molecular complexity index is 971. The first kappa shape index (κ1) is 17.5. The monoisotopic (exact) mass is 363 g/mol. The number of rotatable bonds is 4. The van der Waals surface area contributed by atoms with E-state index in [4.69, 9.17) is 0 Å². The number of anilines is 1. The van der Waals surface area contributed by atoms with E-state index in [0.717, 1.165) is 30.0 Å². The van der Waals surface area contributed by atoms with E-state index in [1.807, 2.05) is 48.9 Å². The van der Waals surface area contributed by atoms with E-state index in [2.05, 4.69) is 45.1 Å². The normalized spacial score (nSPS) is 16.9. The van der Waals surface area contributed by atoms with Gasteiger partial charge in [0.2, 0.25) is 5.91 Å². The summed E-state index contributed by atoms with van der Waals surface area (Å²) >= 11 is 0. The maximum absolute atomic E-state index is 12.8. The number of fused-ring (bicyclic) bond motifs is 1. The van der Waals surface area contributed by atoms with E-state index in [1.54, 1.807) is 0 Å². The summed E-state index contributed by atoms with van der Waals surface area (Å²) in [5, 5.41) is 7.62. The Kier molecular flexibility index (Phi) is 4.58. The topological polar surface area (TPSA) is 55.1 Å². The molecule has 3 aromatic rings. The van der Waals surface area contributed by atoms with Gasteiger partial charge in [0.15, 0.2) is 0 Å². The van der Waals surface area contributed by atoms with Crippen molar-refractivity contribution >= 4 is 11.7 Å². The average molecular weight is 363 g/mol. The highest BCUT2D eigenvalue weighted by Gasteiger charge is 2.25. The zero-order chi connectivity index (χ0) is 19.0. The van der Waals surface area contributed by atoms with E-state index in [9.17, 15) is 4.79 Å². The standard InChI is InChI=1S/C21H25N5O/c1-15-7-4-5-8-18(15)26-20(13-16(2)23-26)22-21(27)14-25-12-11-24-10-6-9-19(24)17(25)3/h4-10,13,17H,11-12,14H2,1-3H3,(H,22,27)/t17-/m1/s1. The van der Waals surface area contributed by atoms with E-state index in [1.165, 1.54) is 5.69 Å². The molecule has 0 fully saturated rings. The molecular weight excluding hydrogens is 338 g/mol. The van der Waals surface area contributed by atoms with Crippen molar-refractivity contribution in [2.24, 2.45) is 0 Å². The molecule has 2 aromatic heterocycles. The number of amides is 1. The molecule has 0 saturated carbocycles. The first-order valence-electron chi connectivity index (χ1n) is 9.34. The minimum atomic E-state index is -0.0170. The third-order valence-corrected chi connectivity index (χ3v) is 5.26. The van der Waals surface area contributed by atoms with Crippen molar-refractivity contribution in [1.29, 1.82) is 0 Å². The number of hydrogen-bond donors (Lipinski definition) is 1. The Morgan fingerprint density at radius 1 is 1.19 bits per heavy atom. The highest BCUT2D eigenvalue weighted by atomic mass is 16.2. The molecule has 140 valence electrons. The van der Waals surface area contributed by atoms with Crippen molar-refractivity contribution in [2.45, 2.75) is 33.4 Å². The Morgan fingerprint density at radius 3 is 2.81 bits per heavy atom. The van der Waals surface area contributed by atoms with E-state index < -0.39 is 0 Å². The summed E-state index contributed by atoms with van der Waals surface area (Å²) in [6.07, 6.45) is 2.10.